The molecule has 1 heterocycles. The van der Waals surface area contributed by atoms with Crippen molar-refractivity contribution in [1.82, 2.24) is 4.98 Å². The predicted octanol–water partition coefficient (Wildman–Crippen LogP) is 1.70. The van der Waals surface area contributed by atoms with Gasteiger partial charge in [-0.25, -0.2) is 0 Å². The Bertz CT molecular complexity index is 352. The number of hydrogen-bond donors (Lipinski definition) is 2. The average molecular weight is 221 g/mol. The molecule has 0 fully saturated rings. The molecular formula is C12H19N3O. The van der Waals surface area contributed by atoms with E-state index in [1.807, 2.05) is 19.9 Å². The Morgan fingerprint density at radius 3 is 2.94 bits per heavy atom. The van der Waals surface area contributed by atoms with Gasteiger partial charge in [-0.15, -0.1) is 0 Å². The van der Waals surface area contributed by atoms with Crippen LogP contribution in [0.25, 0.3) is 0 Å². The van der Waals surface area contributed by atoms with E-state index in [0.29, 0.717) is 6.54 Å². The molecule has 16 heavy (non-hydrogen) atoms. The van der Waals surface area contributed by atoms with Gasteiger partial charge < -0.3 is 11.1 Å². The van der Waals surface area contributed by atoms with Gasteiger partial charge in [-0.1, -0.05) is 13.3 Å². The van der Waals surface area contributed by atoms with Crippen LogP contribution in [0.1, 0.15) is 25.5 Å². The lowest BCUT2D eigenvalue weighted by Gasteiger charge is -2.14. The molecule has 1 rings (SSSR count). The first-order valence-electron chi connectivity index (χ1n) is 5.61. The van der Waals surface area contributed by atoms with Crippen LogP contribution in [0.15, 0.2) is 18.3 Å². The van der Waals surface area contributed by atoms with E-state index in [-0.39, 0.29) is 11.8 Å². The van der Waals surface area contributed by atoms with Crippen molar-refractivity contribution in [2.75, 3.05) is 11.9 Å². The second kappa shape index (κ2) is 6.23. The second-order valence-electron chi connectivity index (χ2n) is 3.85. The zero-order valence-electron chi connectivity index (χ0n) is 9.86. The summed E-state index contributed by atoms with van der Waals surface area (Å²) in [5.41, 5.74) is 7.16. The molecule has 3 N–H and O–H groups in total. The number of nitrogens with one attached hydrogen (secondary N) is 1. The van der Waals surface area contributed by atoms with Gasteiger partial charge in [0.1, 0.15) is 0 Å². The smallest absolute Gasteiger partial charge is 0.228 e. The quantitative estimate of drug-likeness (QED) is 0.795. The first-order chi connectivity index (χ1) is 7.69. The van der Waals surface area contributed by atoms with Gasteiger partial charge >= 0.3 is 0 Å². The summed E-state index contributed by atoms with van der Waals surface area (Å²) in [6.45, 7) is 4.30. The first kappa shape index (κ1) is 12.6. The van der Waals surface area contributed by atoms with Crippen molar-refractivity contribution in [3.63, 3.8) is 0 Å². The molecule has 0 saturated heterocycles. The van der Waals surface area contributed by atoms with Crippen LogP contribution in [0.3, 0.4) is 0 Å². The molecule has 1 unspecified atom stereocenters. The minimum atomic E-state index is -0.107. The van der Waals surface area contributed by atoms with Crippen molar-refractivity contribution in [1.29, 1.82) is 0 Å². The molecule has 4 heteroatoms. The van der Waals surface area contributed by atoms with Crippen LogP contribution in [0.5, 0.6) is 0 Å². The van der Waals surface area contributed by atoms with Gasteiger partial charge in [0.05, 0.1) is 17.3 Å². The molecule has 0 spiro atoms. The van der Waals surface area contributed by atoms with E-state index in [1.165, 1.54) is 0 Å². The van der Waals surface area contributed by atoms with Crippen molar-refractivity contribution in [3.8, 4) is 0 Å². The average Bonchev–Trinajstić information content (AvgIpc) is 2.29. The number of anilines is 1. The highest BCUT2D eigenvalue weighted by Gasteiger charge is 2.16. The minimum Gasteiger partial charge on any atom is -0.330 e. The van der Waals surface area contributed by atoms with E-state index in [2.05, 4.69) is 10.3 Å². The fourth-order valence-electron chi connectivity index (χ4n) is 1.56. The molecule has 1 aromatic rings. The third kappa shape index (κ3) is 3.31. The Hall–Kier alpha value is -1.42. The molecule has 1 aromatic heterocycles. The number of aryl methyl sites for hydroxylation is 1. The van der Waals surface area contributed by atoms with Gasteiger partial charge in [0.25, 0.3) is 0 Å². The third-order valence-electron chi connectivity index (χ3n) is 2.56. The maximum Gasteiger partial charge on any atom is 0.228 e. The topological polar surface area (TPSA) is 68.0 Å². The summed E-state index contributed by atoms with van der Waals surface area (Å²) >= 11 is 0. The Morgan fingerprint density at radius 1 is 1.62 bits per heavy atom. The van der Waals surface area contributed by atoms with Crippen molar-refractivity contribution in [2.24, 2.45) is 11.7 Å². The summed E-state index contributed by atoms with van der Waals surface area (Å²) in [5, 5.41) is 2.86. The monoisotopic (exact) mass is 221 g/mol. The summed E-state index contributed by atoms with van der Waals surface area (Å²) in [7, 11) is 0. The van der Waals surface area contributed by atoms with Crippen LogP contribution in [0, 0.1) is 12.8 Å². The number of hydrogen-bond acceptors (Lipinski definition) is 3. The van der Waals surface area contributed by atoms with Crippen molar-refractivity contribution in [2.45, 2.75) is 26.7 Å². The number of pyridine rings is 1. The lowest BCUT2D eigenvalue weighted by molar-refractivity contribution is -0.119. The molecule has 0 aromatic carbocycles. The van der Waals surface area contributed by atoms with Crippen LogP contribution < -0.4 is 11.1 Å². The molecule has 0 aliphatic heterocycles. The first-order valence-corrected chi connectivity index (χ1v) is 5.61. The molecule has 0 bridgehead atoms. The van der Waals surface area contributed by atoms with Crippen molar-refractivity contribution < 1.29 is 4.79 Å². The van der Waals surface area contributed by atoms with E-state index in [9.17, 15) is 4.79 Å². The number of amides is 1. The van der Waals surface area contributed by atoms with Gasteiger partial charge in [0.15, 0.2) is 0 Å². The normalized spacial score (nSPS) is 12.2. The van der Waals surface area contributed by atoms with Gasteiger partial charge in [-0.3, -0.25) is 9.78 Å². The summed E-state index contributed by atoms with van der Waals surface area (Å²) < 4.78 is 0. The van der Waals surface area contributed by atoms with E-state index in [0.717, 1.165) is 24.2 Å². The highest BCUT2D eigenvalue weighted by molar-refractivity contribution is 5.93. The predicted molar refractivity (Wildman–Crippen MR) is 65.1 cm³/mol. The summed E-state index contributed by atoms with van der Waals surface area (Å²) in [5.74, 6) is -0.120. The molecule has 88 valence electrons. The second-order valence-corrected chi connectivity index (χ2v) is 3.85. The Morgan fingerprint density at radius 2 is 2.38 bits per heavy atom. The van der Waals surface area contributed by atoms with Crippen molar-refractivity contribution in [3.05, 3.63) is 24.0 Å². The van der Waals surface area contributed by atoms with Gasteiger partial charge in [-0.2, -0.15) is 0 Å². The van der Waals surface area contributed by atoms with Gasteiger partial charge in [0, 0.05) is 12.7 Å². The summed E-state index contributed by atoms with van der Waals surface area (Å²) in [6, 6.07) is 3.65. The lowest BCUT2D eigenvalue weighted by Crippen LogP contribution is -2.29. The maximum absolute atomic E-state index is 11.9. The number of carbonyl (C=O) groups is 1. The van der Waals surface area contributed by atoms with Crippen LogP contribution in [-0.2, 0) is 4.79 Å². The van der Waals surface area contributed by atoms with Crippen LogP contribution in [0.4, 0.5) is 5.69 Å². The molecule has 0 aliphatic carbocycles. The van der Waals surface area contributed by atoms with E-state index in [1.54, 1.807) is 12.3 Å². The number of aromatic nitrogens is 1. The Labute approximate surface area is 96.3 Å². The molecule has 0 saturated carbocycles. The number of nitrogens with two attached hydrogens (primary N) is 1. The lowest BCUT2D eigenvalue weighted by atomic mass is 10.0. The van der Waals surface area contributed by atoms with Crippen LogP contribution in [0.2, 0.25) is 0 Å². The highest BCUT2D eigenvalue weighted by atomic mass is 16.1. The molecule has 1 atom stereocenters. The molecular weight excluding hydrogens is 202 g/mol. The standard InChI is InChI=1S/C12H19N3O/c1-3-5-10(8-13)12(16)15-11-6-4-7-14-9(11)2/h4,6-7,10H,3,5,8,13H2,1-2H3,(H,15,16). The third-order valence-corrected chi connectivity index (χ3v) is 2.56. The largest absolute Gasteiger partial charge is 0.330 e. The summed E-state index contributed by atoms with van der Waals surface area (Å²) in [4.78, 5) is 16.0. The number of nitrogens with zero attached hydrogens (tertiary/aromatic N) is 1. The highest BCUT2D eigenvalue weighted by Crippen LogP contribution is 2.13. The Balaban J connectivity index is 2.66. The van der Waals surface area contributed by atoms with Crippen molar-refractivity contribution >= 4 is 11.6 Å². The summed E-state index contributed by atoms with van der Waals surface area (Å²) in [6.07, 6.45) is 3.49. The maximum atomic E-state index is 11.9. The van der Waals surface area contributed by atoms with E-state index < -0.39 is 0 Å². The zero-order chi connectivity index (χ0) is 12.0. The fraction of sp³-hybridized carbons (Fsp3) is 0.500. The fourth-order valence-corrected chi connectivity index (χ4v) is 1.56. The van der Waals surface area contributed by atoms with Gasteiger partial charge in [0.2, 0.25) is 5.91 Å². The van der Waals surface area contributed by atoms with Gasteiger partial charge in [-0.05, 0) is 25.5 Å². The minimum absolute atomic E-state index is 0.0135. The van der Waals surface area contributed by atoms with E-state index in [4.69, 9.17) is 5.73 Å². The molecule has 0 radical (unpaired) electrons. The number of rotatable bonds is 5. The zero-order valence-corrected chi connectivity index (χ0v) is 9.86. The molecule has 0 aliphatic rings. The van der Waals surface area contributed by atoms with Crippen LogP contribution >= 0.6 is 0 Å². The number of carbonyl (C=O) groups excluding carboxylic acids is 1. The molecule has 4 nitrogen and oxygen atoms in total. The SMILES string of the molecule is CCCC(CN)C(=O)Nc1cccnc1C. The van der Waals surface area contributed by atoms with Crippen LogP contribution in [-0.4, -0.2) is 17.4 Å². The van der Waals surface area contributed by atoms with E-state index >= 15 is 0 Å². The Kier molecular flexibility index (Phi) is 4.92. The molecule has 1 amide bonds.